The molecule has 0 atom stereocenters. The van der Waals surface area contributed by atoms with E-state index in [-0.39, 0.29) is 11.7 Å². The molecule has 1 aromatic carbocycles. The number of nitrogens with zero attached hydrogens (tertiary/aromatic N) is 3. The molecule has 1 saturated heterocycles. The molecule has 0 radical (unpaired) electrons. The fourth-order valence-electron chi connectivity index (χ4n) is 3.45. The summed E-state index contributed by atoms with van der Waals surface area (Å²) in [5, 5.41) is 0.843. The molecule has 140 valence electrons. The number of aromatic nitrogens is 3. The molecule has 7 heteroatoms. The van der Waals surface area contributed by atoms with E-state index >= 15 is 0 Å². The number of carbonyl (C=O) groups is 2. The summed E-state index contributed by atoms with van der Waals surface area (Å²) in [5.74, 6) is 0.261. The van der Waals surface area contributed by atoms with E-state index in [1.807, 2.05) is 29.2 Å². The van der Waals surface area contributed by atoms with E-state index in [9.17, 15) is 9.59 Å². The molecular formula is C20H22N4O2S. The molecule has 0 saturated carbocycles. The molecule has 6 nitrogen and oxygen atoms in total. The molecule has 1 fully saturated rings. The number of thioether (sulfide) groups is 1. The second-order valence-electron chi connectivity index (χ2n) is 6.64. The number of Topliss-reactive ketones (excluding diaryl/α,β-unsaturated/α-hetero) is 1. The number of fused-ring (bicyclic) bond motifs is 1. The number of benzene rings is 1. The Morgan fingerprint density at radius 1 is 1.22 bits per heavy atom. The van der Waals surface area contributed by atoms with Crippen LogP contribution in [0.1, 0.15) is 40.6 Å². The van der Waals surface area contributed by atoms with E-state index in [2.05, 4.69) is 21.5 Å². The lowest BCUT2D eigenvalue weighted by atomic mass is 10.2. The molecule has 27 heavy (non-hydrogen) atoms. The van der Waals surface area contributed by atoms with Gasteiger partial charge in [0.25, 0.3) is 5.91 Å². The van der Waals surface area contributed by atoms with Gasteiger partial charge in [-0.2, -0.15) is 0 Å². The maximum Gasteiger partial charge on any atom is 0.270 e. The number of carbonyl (C=O) groups excluding carboxylic acids is 2. The number of H-pyrrole nitrogens is 1. The van der Waals surface area contributed by atoms with Gasteiger partial charge in [-0.05, 0) is 38.0 Å². The lowest BCUT2D eigenvalue weighted by Gasteiger charge is -2.13. The molecule has 0 aliphatic carbocycles. The summed E-state index contributed by atoms with van der Waals surface area (Å²) in [4.78, 5) is 34.4. The highest BCUT2D eigenvalue weighted by atomic mass is 32.2. The number of aromatic amines is 1. The highest BCUT2D eigenvalue weighted by molar-refractivity contribution is 7.99. The zero-order chi connectivity index (χ0) is 18.8. The van der Waals surface area contributed by atoms with Gasteiger partial charge in [-0.25, -0.2) is 4.98 Å². The summed E-state index contributed by atoms with van der Waals surface area (Å²) in [5.41, 5.74) is 3.06. The van der Waals surface area contributed by atoms with E-state index in [1.165, 1.54) is 11.8 Å². The number of amides is 1. The second kappa shape index (κ2) is 7.60. The van der Waals surface area contributed by atoms with E-state index in [0.29, 0.717) is 17.0 Å². The third-order valence-electron chi connectivity index (χ3n) is 4.90. The fourth-order valence-corrected chi connectivity index (χ4v) is 4.43. The van der Waals surface area contributed by atoms with Crippen molar-refractivity contribution < 1.29 is 9.59 Å². The van der Waals surface area contributed by atoms with Gasteiger partial charge < -0.3 is 14.5 Å². The van der Waals surface area contributed by atoms with Crippen LogP contribution in [0.15, 0.2) is 41.7 Å². The maximum atomic E-state index is 12.6. The van der Waals surface area contributed by atoms with Crippen LogP contribution in [-0.4, -0.2) is 50.0 Å². The topological polar surface area (TPSA) is 71.0 Å². The van der Waals surface area contributed by atoms with Gasteiger partial charge in [0.1, 0.15) is 5.69 Å². The Morgan fingerprint density at radius 2 is 2.00 bits per heavy atom. The first-order chi connectivity index (χ1) is 13.2. The minimum atomic E-state index is -0.0213. The average molecular weight is 382 g/mol. The predicted molar refractivity (Wildman–Crippen MR) is 106 cm³/mol. The number of aryl methyl sites for hydroxylation is 1. The number of imidazole rings is 1. The first kappa shape index (κ1) is 17.9. The number of ketones is 1. The number of likely N-dealkylation sites (tertiary alicyclic amines) is 1. The highest BCUT2D eigenvalue weighted by Gasteiger charge is 2.22. The lowest BCUT2D eigenvalue weighted by molar-refractivity contribution is 0.0787. The molecule has 1 aliphatic heterocycles. The number of nitrogens with one attached hydrogen (secondary N) is 1. The summed E-state index contributed by atoms with van der Waals surface area (Å²) < 4.78 is 2.12. The van der Waals surface area contributed by atoms with Crippen LogP contribution >= 0.6 is 11.8 Å². The molecule has 2 aromatic heterocycles. The van der Waals surface area contributed by atoms with Crippen LogP contribution in [-0.2, 0) is 6.54 Å². The van der Waals surface area contributed by atoms with Crippen LogP contribution in [0.3, 0.4) is 0 Å². The lowest BCUT2D eigenvalue weighted by Crippen LogP contribution is -2.27. The Bertz CT molecular complexity index is 985. The van der Waals surface area contributed by atoms with Gasteiger partial charge >= 0.3 is 0 Å². The van der Waals surface area contributed by atoms with Gasteiger partial charge in [0.15, 0.2) is 10.9 Å². The van der Waals surface area contributed by atoms with Crippen molar-refractivity contribution in [1.29, 1.82) is 0 Å². The molecule has 4 rings (SSSR count). The summed E-state index contributed by atoms with van der Waals surface area (Å²) >= 11 is 1.44. The van der Waals surface area contributed by atoms with Gasteiger partial charge in [0, 0.05) is 31.4 Å². The zero-order valence-electron chi connectivity index (χ0n) is 15.3. The molecule has 1 N–H and O–H groups in total. The van der Waals surface area contributed by atoms with E-state index in [4.69, 9.17) is 0 Å². The largest absolute Gasteiger partial charge is 0.356 e. The second-order valence-corrected chi connectivity index (χ2v) is 7.58. The van der Waals surface area contributed by atoms with Crippen molar-refractivity contribution in [2.24, 2.45) is 0 Å². The molecule has 1 amide bonds. The summed E-state index contributed by atoms with van der Waals surface area (Å²) in [6, 6.07) is 9.66. The van der Waals surface area contributed by atoms with E-state index in [1.54, 1.807) is 12.3 Å². The standard InChI is InChI=1S/C20H22N4O2S/c1-2-24-17-8-4-3-7-15(17)22-20(24)27-13-18(25)14-11-16(21-12-14)19(26)23-9-5-6-10-23/h3-4,7-8,11-12,21H,2,5-6,9-10,13H2,1H3. The Kier molecular flexibility index (Phi) is 5.03. The summed E-state index contributed by atoms with van der Waals surface area (Å²) in [6.45, 7) is 4.46. The van der Waals surface area contributed by atoms with Gasteiger partial charge in [0.2, 0.25) is 0 Å². The number of hydrogen-bond donors (Lipinski definition) is 1. The molecule has 0 bridgehead atoms. The fraction of sp³-hybridized carbons (Fsp3) is 0.350. The monoisotopic (exact) mass is 382 g/mol. The van der Waals surface area contributed by atoms with Crippen molar-refractivity contribution in [3.8, 4) is 0 Å². The third-order valence-corrected chi connectivity index (χ3v) is 5.87. The smallest absolute Gasteiger partial charge is 0.270 e. The van der Waals surface area contributed by atoms with Crippen LogP contribution in [0.2, 0.25) is 0 Å². The van der Waals surface area contributed by atoms with Crippen molar-refractivity contribution in [3.05, 3.63) is 47.8 Å². The predicted octanol–water partition coefficient (Wildman–Crippen LogP) is 3.60. The van der Waals surface area contributed by atoms with Crippen LogP contribution in [0.5, 0.6) is 0 Å². The minimum absolute atomic E-state index is 0.00793. The van der Waals surface area contributed by atoms with Crippen molar-refractivity contribution in [1.82, 2.24) is 19.4 Å². The Balaban J connectivity index is 1.45. The van der Waals surface area contributed by atoms with Crippen molar-refractivity contribution in [2.45, 2.75) is 31.5 Å². The normalized spacial score (nSPS) is 14.2. The molecular weight excluding hydrogens is 360 g/mol. The quantitative estimate of drug-likeness (QED) is 0.522. The molecule has 0 unspecified atom stereocenters. The molecule has 3 heterocycles. The van der Waals surface area contributed by atoms with Crippen LogP contribution in [0, 0.1) is 0 Å². The highest BCUT2D eigenvalue weighted by Crippen LogP contribution is 2.25. The SMILES string of the molecule is CCn1c(SCC(=O)c2c[nH]c(C(=O)N3CCCC3)c2)nc2ccccc21. The minimum Gasteiger partial charge on any atom is -0.356 e. The Labute approximate surface area is 162 Å². The number of hydrogen-bond acceptors (Lipinski definition) is 4. The van der Waals surface area contributed by atoms with Crippen LogP contribution < -0.4 is 0 Å². The maximum absolute atomic E-state index is 12.6. The summed E-state index contributed by atoms with van der Waals surface area (Å²) in [6.07, 6.45) is 3.73. The van der Waals surface area contributed by atoms with E-state index in [0.717, 1.165) is 48.7 Å². The first-order valence-corrected chi connectivity index (χ1v) is 10.2. The summed E-state index contributed by atoms with van der Waals surface area (Å²) in [7, 11) is 0. The average Bonchev–Trinajstić information content (AvgIpc) is 3.44. The van der Waals surface area contributed by atoms with Gasteiger partial charge in [0.05, 0.1) is 16.8 Å². The van der Waals surface area contributed by atoms with Crippen LogP contribution in [0.25, 0.3) is 11.0 Å². The number of rotatable bonds is 6. The zero-order valence-corrected chi connectivity index (χ0v) is 16.1. The van der Waals surface area contributed by atoms with E-state index < -0.39 is 0 Å². The van der Waals surface area contributed by atoms with Crippen molar-refractivity contribution >= 4 is 34.5 Å². The first-order valence-electron chi connectivity index (χ1n) is 9.26. The Hall–Kier alpha value is -2.54. The van der Waals surface area contributed by atoms with Gasteiger partial charge in [-0.15, -0.1) is 0 Å². The molecule has 3 aromatic rings. The third kappa shape index (κ3) is 3.51. The van der Waals surface area contributed by atoms with Crippen molar-refractivity contribution in [3.63, 3.8) is 0 Å². The molecule has 1 aliphatic rings. The van der Waals surface area contributed by atoms with Gasteiger partial charge in [-0.3, -0.25) is 9.59 Å². The number of para-hydroxylation sites is 2. The molecule has 0 spiro atoms. The van der Waals surface area contributed by atoms with Crippen molar-refractivity contribution in [2.75, 3.05) is 18.8 Å². The van der Waals surface area contributed by atoms with Gasteiger partial charge in [-0.1, -0.05) is 23.9 Å². The Morgan fingerprint density at radius 3 is 2.78 bits per heavy atom. The van der Waals surface area contributed by atoms with Crippen LogP contribution in [0.4, 0.5) is 0 Å².